The van der Waals surface area contributed by atoms with Crippen LogP contribution in [-0.4, -0.2) is 24.5 Å². The van der Waals surface area contributed by atoms with E-state index in [1.807, 2.05) is 13.0 Å². The quantitative estimate of drug-likeness (QED) is 0.648. The van der Waals surface area contributed by atoms with Gasteiger partial charge in [-0.05, 0) is 43.2 Å². The van der Waals surface area contributed by atoms with Gasteiger partial charge in [0.15, 0.2) is 6.61 Å². The molecular weight excluding hydrogens is 312 g/mol. The van der Waals surface area contributed by atoms with Crippen molar-refractivity contribution in [2.75, 3.05) is 19.0 Å². The third kappa shape index (κ3) is 4.22. The number of rotatable bonds is 6. The van der Waals surface area contributed by atoms with E-state index in [1.54, 1.807) is 19.1 Å². The van der Waals surface area contributed by atoms with E-state index < -0.39 is 4.92 Å². The Bertz CT molecular complexity index is 774. The number of hydrogen-bond acceptors (Lipinski definition) is 5. The number of hydrogen-bond donors (Lipinski definition) is 1. The highest BCUT2D eigenvalue weighted by Crippen LogP contribution is 2.26. The summed E-state index contributed by atoms with van der Waals surface area (Å²) < 4.78 is 10.6. The van der Waals surface area contributed by atoms with Gasteiger partial charge in [-0.25, -0.2) is 0 Å². The van der Waals surface area contributed by atoms with E-state index in [-0.39, 0.29) is 18.2 Å². The fraction of sp³-hybridized carbons (Fsp3) is 0.235. The minimum atomic E-state index is -0.479. The lowest BCUT2D eigenvalue weighted by Gasteiger charge is -2.12. The van der Waals surface area contributed by atoms with E-state index in [0.717, 1.165) is 5.56 Å². The molecular formula is C17H18N2O5. The average molecular weight is 330 g/mol. The van der Waals surface area contributed by atoms with Crippen molar-refractivity contribution in [3.8, 4) is 11.5 Å². The summed E-state index contributed by atoms with van der Waals surface area (Å²) in [5, 5.41) is 13.4. The minimum Gasteiger partial charge on any atom is -0.495 e. The van der Waals surface area contributed by atoms with Crippen LogP contribution in [0.3, 0.4) is 0 Å². The minimum absolute atomic E-state index is 0.0196. The lowest BCUT2D eigenvalue weighted by molar-refractivity contribution is -0.384. The number of methoxy groups -OCH3 is 1. The number of aryl methyl sites for hydroxylation is 2. The first-order valence-corrected chi connectivity index (χ1v) is 7.23. The van der Waals surface area contributed by atoms with E-state index in [1.165, 1.54) is 25.3 Å². The largest absolute Gasteiger partial charge is 0.495 e. The number of amides is 1. The number of carbonyl (C=O) groups excluding carboxylic acids is 1. The molecule has 0 fully saturated rings. The van der Waals surface area contributed by atoms with Crippen LogP contribution in [0.25, 0.3) is 0 Å². The zero-order valence-electron chi connectivity index (χ0n) is 13.7. The summed E-state index contributed by atoms with van der Waals surface area (Å²) in [7, 11) is 1.52. The third-order valence-corrected chi connectivity index (χ3v) is 3.36. The second-order valence-electron chi connectivity index (χ2n) is 5.25. The zero-order valence-corrected chi connectivity index (χ0v) is 13.7. The number of nitrogens with one attached hydrogen (secondary N) is 1. The SMILES string of the molecule is COc1ccc(C)cc1NC(=O)COc1ccc([N+](=O)[O-])cc1C. The fourth-order valence-electron chi connectivity index (χ4n) is 2.16. The molecule has 0 bridgehead atoms. The molecule has 0 spiro atoms. The molecule has 24 heavy (non-hydrogen) atoms. The summed E-state index contributed by atoms with van der Waals surface area (Å²) in [5.41, 5.74) is 2.11. The number of nitrogens with zero attached hydrogens (tertiary/aromatic N) is 1. The second-order valence-corrected chi connectivity index (χ2v) is 5.25. The maximum absolute atomic E-state index is 12.1. The van der Waals surface area contributed by atoms with Crippen molar-refractivity contribution in [1.29, 1.82) is 0 Å². The predicted molar refractivity (Wildman–Crippen MR) is 89.7 cm³/mol. The molecule has 2 aromatic rings. The number of ether oxygens (including phenoxy) is 2. The Morgan fingerprint density at radius 2 is 1.88 bits per heavy atom. The fourth-order valence-corrected chi connectivity index (χ4v) is 2.16. The molecule has 1 amide bonds. The molecule has 7 nitrogen and oxygen atoms in total. The Balaban J connectivity index is 2.01. The van der Waals surface area contributed by atoms with Gasteiger partial charge in [0.1, 0.15) is 11.5 Å². The van der Waals surface area contributed by atoms with Crippen LogP contribution in [0, 0.1) is 24.0 Å². The van der Waals surface area contributed by atoms with E-state index >= 15 is 0 Å². The monoisotopic (exact) mass is 330 g/mol. The summed E-state index contributed by atoms with van der Waals surface area (Å²) in [6.07, 6.45) is 0. The van der Waals surface area contributed by atoms with Gasteiger partial charge in [-0.1, -0.05) is 6.07 Å². The van der Waals surface area contributed by atoms with Gasteiger partial charge >= 0.3 is 0 Å². The summed E-state index contributed by atoms with van der Waals surface area (Å²) in [4.78, 5) is 22.3. The summed E-state index contributed by atoms with van der Waals surface area (Å²) >= 11 is 0. The van der Waals surface area contributed by atoms with Crippen molar-refractivity contribution < 1.29 is 19.2 Å². The van der Waals surface area contributed by atoms with E-state index in [9.17, 15) is 14.9 Å². The molecule has 0 aromatic heterocycles. The molecule has 126 valence electrons. The van der Waals surface area contributed by atoms with Crippen molar-refractivity contribution in [1.82, 2.24) is 0 Å². The number of anilines is 1. The van der Waals surface area contributed by atoms with Gasteiger partial charge < -0.3 is 14.8 Å². The van der Waals surface area contributed by atoms with Crippen LogP contribution >= 0.6 is 0 Å². The normalized spacial score (nSPS) is 10.1. The van der Waals surface area contributed by atoms with Crippen LogP contribution in [0.1, 0.15) is 11.1 Å². The number of non-ortho nitro benzene ring substituents is 1. The van der Waals surface area contributed by atoms with Crippen molar-refractivity contribution in [2.24, 2.45) is 0 Å². The molecule has 2 aromatic carbocycles. The number of nitro benzene ring substituents is 1. The molecule has 0 aliphatic heterocycles. The van der Waals surface area contributed by atoms with E-state index in [2.05, 4.69) is 5.32 Å². The highest BCUT2D eigenvalue weighted by Gasteiger charge is 2.12. The smallest absolute Gasteiger partial charge is 0.269 e. The van der Waals surface area contributed by atoms with Gasteiger partial charge in [0.05, 0.1) is 17.7 Å². The lowest BCUT2D eigenvalue weighted by Crippen LogP contribution is -2.20. The average Bonchev–Trinajstić information content (AvgIpc) is 2.53. The van der Waals surface area contributed by atoms with Crippen molar-refractivity contribution in [2.45, 2.75) is 13.8 Å². The van der Waals surface area contributed by atoms with Gasteiger partial charge in [-0.15, -0.1) is 0 Å². The molecule has 0 radical (unpaired) electrons. The Kier molecular flexibility index (Phi) is 5.36. The first-order valence-electron chi connectivity index (χ1n) is 7.23. The molecule has 0 saturated heterocycles. The van der Waals surface area contributed by atoms with Crippen LogP contribution < -0.4 is 14.8 Å². The highest BCUT2D eigenvalue weighted by molar-refractivity contribution is 5.93. The molecule has 0 aliphatic rings. The lowest BCUT2D eigenvalue weighted by atomic mass is 10.2. The summed E-state index contributed by atoms with van der Waals surface area (Å²) in [5.74, 6) is 0.629. The van der Waals surface area contributed by atoms with Crippen LogP contribution in [0.5, 0.6) is 11.5 Å². The molecule has 7 heteroatoms. The Morgan fingerprint density at radius 3 is 2.50 bits per heavy atom. The Morgan fingerprint density at radius 1 is 1.17 bits per heavy atom. The molecule has 0 heterocycles. The third-order valence-electron chi connectivity index (χ3n) is 3.36. The van der Waals surface area contributed by atoms with Crippen LogP contribution in [0.2, 0.25) is 0 Å². The predicted octanol–water partition coefficient (Wildman–Crippen LogP) is 3.24. The molecule has 0 atom stereocenters. The van der Waals surface area contributed by atoms with Crippen molar-refractivity contribution >= 4 is 17.3 Å². The van der Waals surface area contributed by atoms with Gasteiger partial charge in [0.25, 0.3) is 11.6 Å². The van der Waals surface area contributed by atoms with E-state index in [0.29, 0.717) is 22.7 Å². The molecule has 0 aliphatic carbocycles. The Labute approximate surface area is 139 Å². The Hall–Kier alpha value is -3.09. The first-order chi connectivity index (χ1) is 11.4. The topological polar surface area (TPSA) is 90.7 Å². The number of benzene rings is 2. The second kappa shape index (κ2) is 7.45. The van der Waals surface area contributed by atoms with Gasteiger partial charge in [-0.3, -0.25) is 14.9 Å². The van der Waals surface area contributed by atoms with Crippen LogP contribution in [0.15, 0.2) is 36.4 Å². The molecule has 0 unspecified atom stereocenters. The van der Waals surface area contributed by atoms with E-state index in [4.69, 9.17) is 9.47 Å². The maximum atomic E-state index is 12.1. The van der Waals surface area contributed by atoms with Gasteiger partial charge in [0, 0.05) is 12.1 Å². The van der Waals surface area contributed by atoms with Crippen molar-refractivity contribution in [3.63, 3.8) is 0 Å². The van der Waals surface area contributed by atoms with Gasteiger partial charge in [0.2, 0.25) is 0 Å². The number of carbonyl (C=O) groups is 1. The van der Waals surface area contributed by atoms with Crippen LogP contribution in [0.4, 0.5) is 11.4 Å². The summed E-state index contributed by atoms with van der Waals surface area (Å²) in [6, 6.07) is 9.67. The molecule has 0 saturated carbocycles. The van der Waals surface area contributed by atoms with Crippen molar-refractivity contribution in [3.05, 3.63) is 57.6 Å². The molecule has 2 rings (SSSR count). The standard InChI is InChI=1S/C17H18N2O5/c1-11-4-6-16(23-3)14(8-11)18-17(20)10-24-15-7-5-13(19(21)22)9-12(15)2/h4-9H,10H2,1-3H3,(H,18,20). The van der Waals surface area contributed by atoms with Gasteiger partial charge in [-0.2, -0.15) is 0 Å². The number of nitro groups is 1. The maximum Gasteiger partial charge on any atom is 0.269 e. The first kappa shape index (κ1) is 17.3. The highest BCUT2D eigenvalue weighted by atomic mass is 16.6. The zero-order chi connectivity index (χ0) is 17.7. The van der Waals surface area contributed by atoms with Crippen LogP contribution in [-0.2, 0) is 4.79 Å². The molecule has 1 N–H and O–H groups in total. The summed E-state index contributed by atoms with van der Waals surface area (Å²) in [6.45, 7) is 3.38.